The molecule has 24 heavy (non-hydrogen) atoms. The topological polar surface area (TPSA) is 80.3 Å². The molecule has 6 atom stereocenters. The number of fused-ring (bicyclic) bond motifs is 3. The van der Waals surface area contributed by atoms with E-state index in [9.17, 15) is 9.59 Å². The Kier molecular flexibility index (Phi) is 4.17. The highest BCUT2D eigenvalue weighted by atomic mass is 16.8. The van der Waals surface area contributed by atoms with Crippen LogP contribution in [0.5, 0.6) is 0 Å². The van der Waals surface area contributed by atoms with E-state index in [0.29, 0.717) is 6.42 Å². The van der Waals surface area contributed by atoms with Gasteiger partial charge in [0.05, 0.1) is 5.92 Å². The minimum absolute atomic E-state index is 0.00863. The molecule has 3 rings (SSSR count). The van der Waals surface area contributed by atoms with Crippen molar-refractivity contribution in [2.24, 2.45) is 11.3 Å². The molecule has 0 amide bonds. The molecule has 0 aromatic heterocycles. The van der Waals surface area contributed by atoms with E-state index < -0.39 is 48.4 Å². The van der Waals surface area contributed by atoms with Gasteiger partial charge in [-0.05, 0) is 25.7 Å². The zero-order valence-electron chi connectivity index (χ0n) is 15.0. The average Bonchev–Trinajstić information content (AvgIpc) is 2.96. The van der Waals surface area contributed by atoms with Crippen LogP contribution in [0, 0.1) is 11.3 Å². The summed E-state index contributed by atoms with van der Waals surface area (Å²) in [7, 11) is 0. The minimum atomic E-state index is -1.06. The first-order valence-corrected chi connectivity index (χ1v) is 8.39. The molecule has 3 aliphatic heterocycles. The maximum atomic E-state index is 12.3. The van der Waals surface area contributed by atoms with Gasteiger partial charge in [0.15, 0.2) is 24.3 Å². The summed E-state index contributed by atoms with van der Waals surface area (Å²) >= 11 is 0. The Hall–Kier alpha value is -1.18. The number of hydrogen-bond acceptors (Lipinski definition) is 7. The number of carbonyl (C=O) groups excluding carboxylic acids is 2. The van der Waals surface area contributed by atoms with Gasteiger partial charge in [-0.2, -0.15) is 0 Å². The third-order valence-corrected chi connectivity index (χ3v) is 4.37. The van der Waals surface area contributed by atoms with E-state index in [1.165, 1.54) is 0 Å². The lowest BCUT2D eigenvalue weighted by atomic mass is 9.85. The summed E-state index contributed by atoms with van der Waals surface area (Å²) in [4.78, 5) is 24.4. The van der Waals surface area contributed by atoms with E-state index >= 15 is 0 Å². The maximum absolute atomic E-state index is 12.3. The van der Waals surface area contributed by atoms with Crippen LogP contribution in [0.2, 0.25) is 0 Å². The third kappa shape index (κ3) is 3.30. The Labute approximate surface area is 141 Å². The monoisotopic (exact) mass is 342 g/mol. The van der Waals surface area contributed by atoms with Crippen LogP contribution in [0.1, 0.15) is 48.0 Å². The van der Waals surface area contributed by atoms with E-state index in [4.69, 9.17) is 23.7 Å². The molecule has 3 heterocycles. The molecule has 0 saturated carbocycles. The molecule has 6 unspecified atom stereocenters. The van der Waals surface area contributed by atoms with Crippen molar-refractivity contribution in [2.45, 2.75) is 84.5 Å². The van der Waals surface area contributed by atoms with Crippen molar-refractivity contribution in [1.82, 2.24) is 0 Å². The summed E-state index contributed by atoms with van der Waals surface area (Å²) in [5, 5.41) is 0. The van der Waals surface area contributed by atoms with Gasteiger partial charge in [-0.25, -0.2) is 4.79 Å². The van der Waals surface area contributed by atoms with Gasteiger partial charge >= 0.3 is 11.9 Å². The number of hydrogen-bond donors (Lipinski definition) is 0. The Bertz CT molecular complexity index is 536. The van der Waals surface area contributed by atoms with E-state index in [-0.39, 0.29) is 11.3 Å². The SMILES string of the molecule is CC(CC(C)(C)C)C(=O)OC1C(=O)OC2C3OC(C)(C)OC3OC12. The van der Waals surface area contributed by atoms with Crippen LogP contribution in [0.15, 0.2) is 0 Å². The van der Waals surface area contributed by atoms with Gasteiger partial charge in [-0.3, -0.25) is 4.79 Å². The molecule has 7 heteroatoms. The van der Waals surface area contributed by atoms with Gasteiger partial charge in [0.2, 0.25) is 6.10 Å². The lowest BCUT2D eigenvalue weighted by molar-refractivity contribution is -0.217. The van der Waals surface area contributed by atoms with Crippen LogP contribution in [0.3, 0.4) is 0 Å². The van der Waals surface area contributed by atoms with Crippen molar-refractivity contribution in [3.05, 3.63) is 0 Å². The van der Waals surface area contributed by atoms with Gasteiger partial charge < -0.3 is 23.7 Å². The van der Waals surface area contributed by atoms with Crippen LogP contribution in [-0.4, -0.2) is 48.4 Å². The van der Waals surface area contributed by atoms with E-state index in [1.54, 1.807) is 20.8 Å². The second-order valence-electron chi connectivity index (χ2n) is 8.49. The molecular weight excluding hydrogens is 316 g/mol. The van der Waals surface area contributed by atoms with Gasteiger partial charge in [0.1, 0.15) is 6.10 Å². The summed E-state index contributed by atoms with van der Waals surface area (Å²) in [6.45, 7) is 11.5. The minimum Gasteiger partial charge on any atom is -0.454 e. The first-order chi connectivity index (χ1) is 11.0. The normalized spacial score (nSPS) is 38.4. The first kappa shape index (κ1) is 17.6. The standard InChI is InChI=1S/C17H26O7/c1-8(7-16(2,3)4)13(18)21-11-9-10(20-14(11)19)12-15(22-9)24-17(5,6)23-12/h8-12,15H,7H2,1-6H3. The second-order valence-corrected chi connectivity index (χ2v) is 8.49. The fraction of sp³-hybridized carbons (Fsp3) is 0.882. The lowest BCUT2D eigenvalue weighted by Crippen LogP contribution is -2.38. The molecule has 0 spiro atoms. The fourth-order valence-corrected chi connectivity index (χ4v) is 3.58. The second kappa shape index (κ2) is 5.68. The predicted molar refractivity (Wildman–Crippen MR) is 81.7 cm³/mol. The molecule has 3 saturated heterocycles. The van der Waals surface area contributed by atoms with Crippen LogP contribution in [0.4, 0.5) is 0 Å². The first-order valence-electron chi connectivity index (χ1n) is 8.39. The Morgan fingerprint density at radius 1 is 1.21 bits per heavy atom. The van der Waals surface area contributed by atoms with Crippen molar-refractivity contribution in [3.63, 3.8) is 0 Å². The van der Waals surface area contributed by atoms with Crippen LogP contribution in [-0.2, 0) is 33.3 Å². The predicted octanol–water partition coefficient (Wildman–Crippen LogP) is 1.77. The van der Waals surface area contributed by atoms with Gasteiger partial charge in [-0.1, -0.05) is 27.7 Å². The molecule has 0 N–H and O–H groups in total. The van der Waals surface area contributed by atoms with Crippen molar-refractivity contribution >= 4 is 11.9 Å². The Morgan fingerprint density at radius 2 is 1.88 bits per heavy atom. The summed E-state index contributed by atoms with van der Waals surface area (Å²) in [5.74, 6) is -2.12. The quantitative estimate of drug-likeness (QED) is 0.723. The summed E-state index contributed by atoms with van der Waals surface area (Å²) in [6.07, 6.45) is -2.81. The number of rotatable bonds is 3. The molecule has 0 aromatic carbocycles. The summed E-state index contributed by atoms with van der Waals surface area (Å²) in [6, 6.07) is 0. The largest absolute Gasteiger partial charge is 0.454 e. The fourth-order valence-electron chi connectivity index (χ4n) is 3.58. The van der Waals surface area contributed by atoms with Crippen molar-refractivity contribution in [2.75, 3.05) is 0 Å². The lowest BCUT2D eigenvalue weighted by Gasteiger charge is -2.24. The van der Waals surface area contributed by atoms with Crippen molar-refractivity contribution in [3.8, 4) is 0 Å². The molecular formula is C17H26O7. The van der Waals surface area contributed by atoms with Gasteiger partial charge in [0, 0.05) is 0 Å². The number of esters is 2. The summed E-state index contributed by atoms with van der Waals surface area (Å²) in [5.41, 5.74) is -0.00863. The third-order valence-electron chi connectivity index (χ3n) is 4.37. The zero-order valence-corrected chi connectivity index (χ0v) is 15.0. The summed E-state index contributed by atoms with van der Waals surface area (Å²) < 4.78 is 27.9. The molecule has 0 aromatic rings. The maximum Gasteiger partial charge on any atom is 0.350 e. The van der Waals surface area contributed by atoms with Crippen LogP contribution < -0.4 is 0 Å². The molecule has 0 bridgehead atoms. The van der Waals surface area contributed by atoms with Gasteiger partial charge in [0.25, 0.3) is 0 Å². The molecule has 136 valence electrons. The number of ether oxygens (including phenoxy) is 5. The molecule has 0 radical (unpaired) electrons. The zero-order chi connectivity index (χ0) is 17.9. The average molecular weight is 342 g/mol. The molecule has 0 aliphatic carbocycles. The van der Waals surface area contributed by atoms with E-state index in [0.717, 1.165) is 0 Å². The number of carbonyl (C=O) groups is 2. The van der Waals surface area contributed by atoms with Crippen LogP contribution in [0.25, 0.3) is 0 Å². The molecule has 7 nitrogen and oxygen atoms in total. The highest BCUT2D eigenvalue weighted by Crippen LogP contribution is 2.43. The van der Waals surface area contributed by atoms with Crippen molar-refractivity contribution < 1.29 is 33.3 Å². The highest BCUT2D eigenvalue weighted by molar-refractivity contribution is 5.83. The van der Waals surface area contributed by atoms with Gasteiger partial charge in [-0.15, -0.1) is 0 Å². The Morgan fingerprint density at radius 3 is 2.50 bits per heavy atom. The Balaban J connectivity index is 1.64. The molecule has 3 aliphatic rings. The van der Waals surface area contributed by atoms with E-state index in [1.807, 2.05) is 20.8 Å². The van der Waals surface area contributed by atoms with E-state index in [2.05, 4.69) is 0 Å². The van der Waals surface area contributed by atoms with Crippen LogP contribution >= 0.6 is 0 Å². The molecule has 3 fully saturated rings. The highest BCUT2D eigenvalue weighted by Gasteiger charge is 2.64. The smallest absolute Gasteiger partial charge is 0.350 e. The van der Waals surface area contributed by atoms with Crippen molar-refractivity contribution in [1.29, 1.82) is 0 Å².